The van der Waals surface area contributed by atoms with Crippen molar-refractivity contribution in [2.45, 2.75) is 13.0 Å². The van der Waals surface area contributed by atoms with Gasteiger partial charge in [0.1, 0.15) is 5.75 Å². The third kappa shape index (κ3) is 3.20. The van der Waals surface area contributed by atoms with Crippen molar-refractivity contribution < 1.29 is 9.53 Å². The lowest BCUT2D eigenvalue weighted by Crippen LogP contribution is -2.39. The average molecular weight is 301 g/mol. The number of halogens is 1. The van der Waals surface area contributed by atoms with Crippen LogP contribution < -0.4 is 10.5 Å². The Morgan fingerprint density at radius 3 is 2.76 bits per heavy atom. The van der Waals surface area contributed by atoms with Crippen LogP contribution in [0.1, 0.15) is 17.3 Å². The predicted octanol–water partition coefficient (Wildman–Crippen LogP) is 1.88. The molecule has 1 amide bonds. The van der Waals surface area contributed by atoms with Gasteiger partial charge in [0.25, 0.3) is 5.91 Å². The molecule has 2 N–H and O–H groups in total. The maximum atomic E-state index is 12.2. The number of hydrogen-bond donors (Lipinski definition) is 1. The highest BCUT2D eigenvalue weighted by atomic mass is 79.9. The number of benzene rings is 1. The summed E-state index contributed by atoms with van der Waals surface area (Å²) in [6, 6.07) is 5.31. The number of methoxy groups -OCH3 is 1. The van der Waals surface area contributed by atoms with Gasteiger partial charge in [-0.05, 0) is 41.1 Å². The minimum atomic E-state index is -0.0753. The van der Waals surface area contributed by atoms with Crippen LogP contribution in [0.2, 0.25) is 0 Å². The summed E-state index contributed by atoms with van der Waals surface area (Å²) in [5.74, 6) is 0.582. The molecule has 0 saturated carbocycles. The van der Waals surface area contributed by atoms with E-state index in [1.54, 1.807) is 37.3 Å². The van der Waals surface area contributed by atoms with Crippen LogP contribution in [0.15, 0.2) is 22.7 Å². The Hall–Kier alpha value is -1.07. The van der Waals surface area contributed by atoms with Crippen LogP contribution in [0, 0.1) is 0 Å². The Morgan fingerprint density at radius 2 is 2.24 bits per heavy atom. The van der Waals surface area contributed by atoms with E-state index < -0.39 is 0 Å². The third-order valence-corrected chi connectivity index (χ3v) is 3.42. The molecule has 0 aliphatic carbocycles. The first kappa shape index (κ1) is 14.0. The monoisotopic (exact) mass is 300 g/mol. The molecule has 1 rings (SSSR count). The van der Waals surface area contributed by atoms with Crippen LogP contribution in [-0.4, -0.2) is 37.6 Å². The van der Waals surface area contributed by atoms with Crippen LogP contribution in [0.4, 0.5) is 0 Å². The lowest BCUT2D eigenvalue weighted by molar-refractivity contribution is 0.0747. The predicted molar refractivity (Wildman–Crippen MR) is 71.3 cm³/mol. The van der Waals surface area contributed by atoms with Crippen molar-refractivity contribution in [1.82, 2.24) is 4.90 Å². The van der Waals surface area contributed by atoms with E-state index in [4.69, 9.17) is 10.5 Å². The summed E-state index contributed by atoms with van der Waals surface area (Å²) in [7, 11) is 3.31. The Morgan fingerprint density at radius 1 is 1.59 bits per heavy atom. The van der Waals surface area contributed by atoms with E-state index in [2.05, 4.69) is 15.9 Å². The van der Waals surface area contributed by atoms with E-state index in [9.17, 15) is 4.79 Å². The van der Waals surface area contributed by atoms with Crippen molar-refractivity contribution in [1.29, 1.82) is 0 Å². The first-order valence-corrected chi connectivity index (χ1v) is 6.11. The summed E-state index contributed by atoms with van der Waals surface area (Å²) in [4.78, 5) is 13.8. The van der Waals surface area contributed by atoms with E-state index in [1.165, 1.54) is 0 Å². The fourth-order valence-corrected chi connectivity index (χ4v) is 1.76. The minimum absolute atomic E-state index is 0.000557. The fourth-order valence-electron chi connectivity index (χ4n) is 1.34. The van der Waals surface area contributed by atoms with Gasteiger partial charge in [-0.15, -0.1) is 0 Å². The second kappa shape index (κ2) is 6.02. The Labute approximate surface area is 110 Å². The van der Waals surface area contributed by atoms with Crippen LogP contribution >= 0.6 is 15.9 Å². The molecule has 0 saturated heterocycles. The van der Waals surface area contributed by atoms with Gasteiger partial charge in [0.15, 0.2) is 0 Å². The first-order valence-electron chi connectivity index (χ1n) is 5.32. The molecule has 0 radical (unpaired) electrons. The van der Waals surface area contributed by atoms with Gasteiger partial charge in [0.05, 0.1) is 12.7 Å². The molecular formula is C12H17BrN2O2. The van der Waals surface area contributed by atoms with Crippen molar-refractivity contribution >= 4 is 21.8 Å². The molecule has 5 heteroatoms. The highest BCUT2D eigenvalue weighted by molar-refractivity contribution is 9.10. The third-order valence-electron chi connectivity index (χ3n) is 2.73. The normalized spacial score (nSPS) is 12.1. The van der Waals surface area contributed by atoms with E-state index in [0.29, 0.717) is 17.9 Å². The van der Waals surface area contributed by atoms with Crippen LogP contribution in [0.3, 0.4) is 0 Å². The lowest BCUT2D eigenvalue weighted by atomic mass is 10.1. The molecule has 1 aromatic carbocycles. The molecule has 4 nitrogen and oxygen atoms in total. The Balaban J connectivity index is 3.02. The molecule has 17 heavy (non-hydrogen) atoms. The van der Waals surface area contributed by atoms with Gasteiger partial charge >= 0.3 is 0 Å². The number of nitrogens with zero attached hydrogens (tertiary/aromatic N) is 1. The van der Waals surface area contributed by atoms with Gasteiger partial charge < -0.3 is 15.4 Å². The molecule has 0 spiro atoms. The number of carbonyl (C=O) groups is 1. The van der Waals surface area contributed by atoms with Crippen LogP contribution in [-0.2, 0) is 0 Å². The molecular weight excluding hydrogens is 284 g/mol. The second-order valence-electron chi connectivity index (χ2n) is 3.85. The lowest BCUT2D eigenvalue weighted by Gasteiger charge is -2.24. The van der Waals surface area contributed by atoms with Crippen LogP contribution in [0.5, 0.6) is 5.75 Å². The van der Waals surface area contributed by atoms with Crippen LogP contribution in [0.25, 0.3) is 0 Å². The number of ether oxygens (including phenoxy) is 1. The molecule has 0 aliphatic heterocycles. The van der Waals surface area contributed by atoms with Gasteiger partial charge in [-0.1, -0.05) is 0 Å². The zero-order valence-corrected chi connectivity index (χ0v) is 11.8. The van der Waals surface area contributed by atoms with Gasteiger partial charge in [0.2, 0.25) is 0 Å². The van der Waals surface area contributed by atoms with Crippen molar-refractivity contribution in [2.24, 2.45) is 5.73 Å². The highest BCUT2D eigenvalue weighted by Crippen LogP contribution is 2.23. The first-order chi connectivity index (χ1) is 8.01. The molecule has 0 heterocycles. The zero-order chi connectivity index (χ0) is 13.0. The standard InChI is InChI=1S/C12H17BrN2O2/c1-8(7-14)15(2)12(16)10-6-9(17-3)4-5-11(10)13/h4-6,8H,7,14H2,1-3H3. The fraction of sp³-hybridized carbons (Fsp3) is 0.417. The topological polar surface area (TPSA) is 55.6 Å². The number of hydrogen-bond acceptors (Lipinski definition) is 3. The highest BCUT2D eigenvalue weighted by Gasteiger charge is 2.19. The van der Waals surface area contributed by atoms with Gasteiger partial charge in [-0.3, -0.25) is 4.79 Å². The minimum Gasteiger partial charge on any atom is -0.497 e. The molecule has 0 fully saturated rings. The summed E-state index contributed by atoms with van der Waals surface area (Å²) < 4.78 is 5.86. The molecule has 0 aliphatic rings. The Kier molecular flexibility index (Phi) is 4.96. The molecule has 1 unspecified atom stereocenters. The van der Waals surface area contributed by atoms with Gasteiger partial charge in [-0.25, -0.2) is 0 Å². The van der Waals surface area contributed by atoms with Gasteiger partial charge in [0, 0.05) is 24.1 Å². The largest absolute Gasteiger partial charge is 0.497 e. The van der Waals surface area contributed by atoms with Crippen molar-refractivity contribution in [3.8, 4) is 5.75 Å². The zero-order valence-electron chi connectivity index (χ0n) is 10.2. The van der Waals surface area contributed by atoms with E-state index in [0.717, 1.165) is 4.47 Å². The van der Waals surface area contributed by atoms with Crippen molar-refractivity contribution in [3.05, 3.63) is 28.2 Å². The summed E-state index contributed by atoms with van der Waals surface area (Å²) in [5.41, 5.74) is 6.13. The second-order valence-corrected chi connectivity index (χ2v) is 4.70. The Bertz CT molecular complexity index is 409. The molecule has 1 atom stereocenters. The average Bonchev–Trinajstić information content (AvgIpc) is 2.36. The number of likely N-dealkylation sites (N-methyl/N-ethyl adjacent to an activating group) is 1. The van der Waals surface area contributed by atoms with Crippen molar-refractivity contribution in [2.75, 3.05) is 20.7 Å². The van der Waals surface area contributed by atoms with Crippen molar-refractivity contribution in [3.63, 3.8) is 0 Å². The molecule has 0 aromatic heterocycles. The van der Waals surface area contributed by atoms with E-state index in [1.807, 2.05) is 6.92 Å². The summed E-state index contributed by atoms with van der Waals surface area (Å²) in [5, 5.41) is 0. The maximum Gasteiger partial charge on any atom is 0.255 e. The van der Waals surface area contributed by atoms with E-state index in [-0.39, 0.29) is 11.9 Å². The summed E-state index contributed by atoms with van der Waals surface area (Å²) in [6.07, 6.45) is 0. The summed E-state index contributed by atoms with van der Waals surface area (Å²) in [6.45, 7) is 2.34. The van der Waals surface area contributed by atoms with E-state index >= 15 is 0 Å². The SMILES string of the molecule is COc1ccc(Br)c(C(=O)N(C)C(C)CN)c1. The smallest absolute Gasteiger partial charge is 0.255 e. The molecule has 1 aromatic rings. The number of rotatable bonds is 4. The molecule has 0 bridgehead atoms. The number of nitrogens with two attached hydrogens (primary N) is 1. The quantitative estimate of drug-likeness (QED) is 0.924. The maximum absolute atomic E-state index is 12.2. The number of amides is 1. The van der Waals surface area contributed by atoms with Gasteiger partial charge in [-0.2, -0.15) is 0 Å². The molecule has 94 valence electrons. The summed E-state index contributed by atoms with van der Waals surface area (Å²) >= 11 is 3.37. The number of carbonyl (C=O) groups excluding carboxylic acids is 1.